The van der Waals surface area contributed by atoms with Gasteiger partial charge in [-0.05, 0) is 31.5 Å². The lowest BCUT2D eigenvalue weighted by Gasteiger charge is -2.23. The maximum atomic E-state index is 12.8. The van der Waals surface area contributed by atoms with Gasteiger partial charge in [0.15, 0.2) is 0 Å². The van der Waals surface area contributed by atoms with Crippen LogP contribution in [0.4, 0.5) is 5.69 Å². The Hall–Kier alpha value is -2.76. The Balaban J connectivity index is 1.49. The van der Waals surface area contributed by atoms with Crippen molar-refractivity contribution >= 4 is 34.7 Å². The van der Waals surface area contributed by atoms with Crippen LogP contribution in [-0.2, 0) is 16.0 Å². The summed E-state index contributed by atoms with van der Waals surface area (Å²) < 4.78 is 6.87. The molecule has 1 atom stereocenters. The number of hydrogen-bond donors (Lipinski definition) is 2. The van der Waals surface area contributed by atoms with E-state index in [0.717, 1.165) is 46.5 Å². The second-order valence-corrected chi connectivity index (χ2v) is 12.2. The second kappa shape index (κ2) is 11.5. The highest BCUT2D eigenvalue weighted by Crippen LogP contribution is 2.35. The predicted octanol–water partition coefficient (Wildman–Crippen LogP) is 4.88. The fourth-order valence-electron chi connectivity index (χ4n) is 3.99. The van der Waals surface area contributed by atoms with E-state index in [2.05, 4.69) is 41.4 Å². The largest absolute Gasteiger partial charge is 0.444 e. The summed E-state index contributed by atoms with van der Waals surface area (Å²) in [6.45, 7) is 8.24. The number of nitro groups is 1. The van der Waals surface area contributed by atoms with Crippen LogP contribution in [0.25, 0.3) is 0 Å². The van der Waals surface area contributed by atoms with Gasteiger partial charge in [-0.2, -0.15) is 0 Å². The smallest absolute Gasteiger partial charge is 0.269 e. The van der Waals surface area contributed by atoms with E-state index in [-0.39, 0.29) is 28.8 Å². The molecule has 3 heterocycles. The minimum Gasteiger partial charge on any atom is -0.444 e. The molecule has 192 valence electrons. The van der Waals surface area contributed by atoms with Crippen LogP contribution < -0.4 is 10.6 Å². The molecule has 9 nitrogen and oxygen atoms in total. The van der Waals surface area contributed by atoms with E-state index in [1.807, 2.05) is 6.07 Å². The number of hydrogen-bond acceptors (Lipinski definition) is 9. The summed E-state index contributed by atoms with van der Waals surface area (Å²) >= 11 is 3.10. The lowest BCUT2D eigenvalue weighted by atomic mass is 9.94. The van der Waals surface area contributed by atoms with Gasteiger partial charge in [-0.25, -0.2) is 9.97 Å². The Morgan fingerprint density at radius 2 is 2.08 bits per heavy atom. The third kappa shape index (κ3) is 6.71. The van der Waals surface area contributed by atoms with E-state index >= 15 is 0 Å². The number of carbonyl (C=O) groups is 1. The summed E-state index contributed by atoms with van der Waals surface area (Å²) in [6, 6.07) is 6.56. The van der Waals surface area contributed by atoms with E-state index in [1.165, 1.54) is 17.4 Å². The van der Waals surface area contributed by atoms with E-state index in [4.69, 9.17) is 4.42 Å². The van der Waals surface area contributed by atoms with Crippen molar-refractivity contribution in [3.8, 4) is 0 Å². The Labute approximate surface area is 218 Å². The summed E-state index contributed by atoms with van der Waals surface area (Å²) in [5, 5.41) is 18.5. The standard InChI is InChI=1S/C25H31N5O4S2/c1-25(2,3)20-13-27-21(34-20)15-35-22-14-29-24(36-22)19(17-5-4-6-18(11-17)30(32)33)12-28-23(31)16-7-9-26-10-8-16/h4-6,11,13-14,16,19,26H,7-10,12,15H2,1-3H3,(H,28,31). The number of nitro benzene ring substituents is 1. The number of amides is 1. The number of non-ortho nitro benzene ring substituents is 1. The lowest BCUT2D eigenvalue weighted by molar-refractivity contribution is -0.384. The molecule has 1 aliphatic rings. The van der Waals surface area contributed by atoms with Crippen molar-refractivity contribution in [3.63, 3.8) is 0 Å². The van der Waals surface area contributed by atoms with Crippen LogP contribution in [0.3, 0.4) is 0 Å². The molecule has 1 fully saturated rings. The molecule has 36 heavy (non-hydrogen) atoms. The number of carbonyl (C=O) groups excluding carboxylic acids is 1. The number of aromatic nitrogens is 2. The van der Waals surface area contributed by atoms with E-state index < -0.39 is 4.92 Å². The van der Waals surface area contributed by atoms with Crippen LogP contribution in [-0.4, -0.2) is 40.4 Å². The normalized spacial score (nSPS) is 15.5. The van der Waals surface area contributed by atoms with Gasteiger partial charge >= 0.3 is 0 Å². The summed E-state index contributed by atoms with van der Waals surface area (Å²) in [6.07, 6.45) is 5.20. The van der Waals surface area contributed by atoms with Crippen LogP contribution in [0.15, 0.2) is 45.3 Å². The number of nitrogens with one attached hydrogen (secondary N) is 2. The quantitative estimate of drug-likeness (QED) is 0.228. The Morgan fingerprint density at radius 3 is 2.78 bits per heavy atom. The van der Waals surface area contributed by atoms with Crippen molar-refractivity contribution in [1.29, 1.82) is 0 Å². The maximum absolute atomic E-state index is 12.8. The van der Waals surface area contributed by atoms with Gasteiger partial charge in [-0.3, -0.25) is 14.9 Å². The first kappa shape index (κ1) is 26.3. The van der Waals surface area contributed by atoms with Crippen LogP contribution in [0.2, 0.25) is 0 Å². The van der Waals surface area contributed by atoms with Gasteiger partial charge in [-0.15, -0.1) is 23.1 Å². The third-order valence-electron chi connectivity index (χ3n) is 6.10. The molecule has 2 N–H and O–H groups in total. The molecule has 4 rings (SSSR count). The minimum absolute atomic E-state index is 0.0155. The molecule has 1 unspecified atom stereocenters. The summed E-state index contributed by atoms with van der Waals surface area (Å²) in [5.74, 6) is 1.80. The summed E-state index contributed by atoms with van der Waals surface area (Å²) in [5.41, 5.74) is 0.674. The fourth-order valence-corrected chi connectivity index (χ4v) is 5.96. The minimum atomic E-state index is -0.403. The van der Waals surface area contributed by atoms with E-state index in [1.54, 1.807) is 36.3 Å². The Morgan fingerprint density at radius 1 is 1.31 bits per heavy atom. The molecule has 1 aliphatic heterocycles. The number of piperidine rings is 1. The monoisotopic (exact) mass is 529 g/mol. The summed E-state index contributed by atoms with van der Waals surface area (Å²) in [4.78, 5) is 32.8. The van der Waals surface area contributed by atoms with Crippen LogP contribution in [0.1, 0.15) is 61.8 Å². The first-order valence-electron chi connectivity index (χ1n) is 12.0. The van der Waals surface area contributed by atoms with Crippen molar-refractivity contribution in [2.75, 3.05) is 19.6 Å². The van der Waals surface area contributed by atoms with Gasteiger partial charge in [0.05, 0.1) is 33.2 Å². The van der Waals surface area contributed by atoms with Crippen molar-refractivity contribution in [1.82, 2.24) is 20.6 Å². The molecule has 11 heteroatoms. The molecule has 1 saturated heterocycles. The highest BCUT2D eigenvalue weighted by molar-refractivity contribution is 8.00. The number of oxazole rings is 1. The Kier molecular flexibility index (Phi) is 8.43. The van der Waals surface area contributed by atoms with Gasteiger partial charge < -0.3 is 15.1 Å². The molecule has 1 amide bonds. The van der Waals surface area contributed by atoms with Gasteiger partial charge in [0.2, 0.25) is 11.8 Å². The lowest BCUT2D eigenvalue weighted by Crippen LogP contribution is -2.39. The zero-order valence-corrected chi connectivity index (χ0v) is 22.3. The molecule has 0 spiro atoms. The van der Waals surface area contributed by atoms with Gasteiger partial charge in [-0.1, -0.05) is 32.9 Å². The summed E-state index contributed by atoms with van der Waals surface area (Å²) in [7, 11) is 0. The molecule has 0 saturated carbocycles. The van der Waals surface area contributed by atoms with Crippen LogP contribution >= 0.6 is 23.1 Å². The average Bonchev–Trinajstić information content (AvgIpc) is 3.53. The van der Waals surface area contributed by atoms with Gasteiger partial charge in [0.25, 0.3) is 5.69 Å². The van der Waals surface area contributed by atoms with Crippen molar-refractivity contribution in [2.45, 2.75) is 54.9 Å². The zero-order chi connectivity index (χ0) is 25.7. The maximum Gasteiger partial charge on any atom is 0.269 e. The van der Waals surface area contributed by atoms with E-state index in [9.17, 15) is 14.9 Å². The predicted molar refractivity (Wildman–Crippen MR) is 140 cm³/mol. The molecule has 0 bridgehead atoms. The van der Waals surface area contributed by atoms with Crippen molar-refractivity contribution in [3.05, 3.63) is 69.0 Å². The number of benzene rings is 1. The SMILES string of the molecule is CC(C)(C)c1cnc(CSc2cnc(C(CNC(=O)C3CCNCC3)c3cccc([N+](=O)[O-])c3)s2)o1. The molecule has 3 aromatic rings. The fraction of sp³-hybridized carbons (Fsp3) is 0.480. The molecular formula is C25H31N5O4S2. The average molecular weight is 530 g/mol. The van der Waals surface area contributed by atoms with E-state index in [0.29, 0.717) is 18.2 Å². The topological polar surface area (TPSA) is 123 Å². The number of thioether (sulfide) groups is 1. The van der Waals surface area contributed by atoms with Gasteiger partial charge in [0.1, 0.15) is 10.8 Å². The van der Waals surface area contributed by atoms with Gasteiger partial charge in [0, 0.05) is 30.0 Å². The van der Waals surface area contributed by atoms with Crippen molar-refractivity contribution < 1.29 is 14.1 Å². The first-order chi connectivity index (χ1) is 17.2. The van der Waals surface area contributed by atoms with Crippen LogP contribution in [0.5, 0.6) is 0 Å². The molecular weight excluding hydrogens is 498 g/mol. The molecule has 2 aromatic heterocycles. The molecule has 0 radical (unpaired) electrons. The number of rotatable bonds is 9. The highest BCUT2D eigenvalue weighted by atomic mass is 32.2. The molecule has 0 aliphatic carbocycles. The number of thiazole rings is 1. The number of nitrogens with zero attached hydrogens (tertiary/aromatic N) is 3. The highest BCUT2D eigenvalue weighted by Gasteiger charge is 2.25. The Bertz CT molecular complexity index is 1200. The first-order valence-corrected chi connectivity index (χ1v) is 13.8. The second-order valence-electron chi connectivity index (χ2n) is 9.85. The molecule has 1 aromatic carbocycles. The van der Waals surface area contributed by atoms with Crippen molar-refractivity contribution in [2.24, 2.45) is 5.92 Å². The van der Waals surface area contributed by atoms with Crippen LogP contribution in [0, 0.1) is 16.0 Å². The zero-order valence-electron chi connectivity index (χ0n) is 20.7. The third-order valence-corrected chi connectivity index (χ3v) is 8.40.